The Kier molecular flexibility index (Phi) is 7.81. The highest BCUT2D eigenvalue weighted by molar-refractivity contribution is 7.91. The molecule has 182 valence electrons. The van der Waals surface area contributed by atoms with Crippen LogP contribution in [0.3, 0.4) is 0 Å². The first-order chi connectivity index (χ1) is 16.0. The fraction of sp³-hybridized carbons (Fsp3) is 0.333. The number of amides is 1. The van der Waals surface area contributed by atoms with Gasteiger partial charge in [-0.1, -0.05) is 31.2 Å². The van der Waals surface area contributed by atoms with E-state index in [1.54, 1.807) is 6.92 Å². The van der Waals surface area contributed by atoms with Gasteiger partial charge in [0.1, 0.15) is 11.5 Å². The number of aryl methyl sites for hydroxylation is 2. The lowest BCUT2D eigenvalue weighted by atomic mass is 10.1. The molecule has 0 fully saturated rings. The van der Waals surface area contributed by atoms with Gasteiger partial charge in [-0.05, 0) is 55.2 Å². The normalized spacial score (nSPS) is 12.0. The predicted octanol–water partition coefficient (Wildman–Crippen LogP) is 4.50. The molecule has 0 saturated carbocycles. The van der Waals surface area contributed by atoms with Crippen LogP contribution in [0.15, 0.2) is 52.9 Å². The van der Waals surface area contributed by atoms with Crippen LogP contribution in [-0.2, 0) is 39.4 Å². The number of nitrogens with one attached hydrogen (secondary N) is 1. The zero-order valence-corrected chi connectivity index (χ0v) is 19.6. The molecule has 1 aromatic heterocycles. The molecule has 3 aromatic rings. The molecule has 0 unspecified atom stereocenters. The summed E-state index contributed by atoms with van der Waals surface area (Å²) in [5, 5.41) is 2.49. The summed E-state index contributed by atoms with van der Waals surface area (Å²) in [7, 11) is -3.81. The second kappa shape index (κ2) is 10.4. The molecular weight excluding hydrogens is 469 g/mol. The number of sulfone groups is 1. The molecule has 10 heteroatoms. The van der Waals surface area contributed by atoms with Gasteiger partial charge in [0.25, 0.3) is 0 Å². The molecule has 0 aliphatic carbocycles. The van der Waals surface area contributed by atoms with Crippen molar-refractivity contribution in [3.63, 3.8) is 0 Å². The summed E-state index contributed by atoms with van der Waals surface area (Å²) >= 11 is 0. The summed E-state index contributed by atoms with van der Waals surface area (Å²) in [6.07, 6.45) is -3.25. The Morgan fingerprint density at radius 3 is 2.24 bits per heavy atom. The minimum absolute atomic E-state index is 0.0978. The smallest absolute Gasteiger partial charge is 0.416 e. The van der Waals surface area contributed by atoms with Crippen molar-refractivity contribution >= 4 is 15.7 Å². The maximum atomic E-state index is 12.6. The summed E-state index contributed by atoms with van der Waals surface area (Å²) in [4.78, 5) is 16.4. The fourth-order valence-electron chi connectivity index (χ4n) is 3.29. The van der Waals surface area contributed by atoms with Gasteiger partial charge < -0.3 is 9.73 Å². The molecule has 2 aromatic carbocycles. The Labute approximate surface area is 196 Å². The lowest BCUT2D eigenvalue weighted by molar-refractivity contribution is -0.137. The third-order valence-electron chi connectivity index (χ3n) is 5.23. The highest BCUT2D eigenvalue weighted by Gasteiger charge is 2.30. The van der Waals surface area contributed by atoms with E-state index in [4.69, 9.17) is 4.42 Å². The van der Waals surface area contributed by atoms with Crippen molar-refractivity contribution in [2.75, 3.05) is 12.3 Å². The number of hydrogen-bond acceptors (Lipinski definition) is 5. The van der Waals surface area contributed by atoms with E-state index in [-0.39, 0.29) is 18.7 Å². The van der Waals surface area contributed by atoms with Gasteiger partial charge in [0.05, 0.1) is 17.0 Å². The highest BCUT2D eigenvalue weighted by atomic mass is 32.2. The quantitative estimate of drug-likeness (QED) is 0.473. The van der Waals surface area contributed by atoms with E-state index in [1.807, 2.05) is 31.2 Å². The number of rotatable bonds is 9. The van der Waals surface area contributed by atoms with Crippen molar-refractivity contribution < 1.29 is 30.8 Å². The molecule has 34 heavy (non-hydrogen) atoms. The van der Waals surface area contributed by atoms with E-state index in [9.17, 15) is 26.4 Å². The molecule has 0 saturated heterocycles. The van der Waals surface area contributed by atoms with Crippen molar-refractivity contribution in [3.8, 4) is 11.5 Å². The van der Waals surface area contributed by atoms with E-state index in [1.165, 1.54) is 12.1 Å². The SMILES string of the molecule is CCc1ccc(-c2nc(CS(=O)(=O)CC(=O)NCCc3ccc(C(F)(F)F)cc3)c(C)o2)cc1. The largest absolute Gasteiger partial charge is 0.441 e. The summed E-state index contributed by atoms with van der Waals surface area (Å²) in [5.41, 5.74) is 1.96. The van der Waals surface area contributed by atoms with E-state index >= 15 is 0 Å². The number of aromatic nitrogens is 1. The van der Waals surface area contributed by atoms with Crippen molar-refractivity contribution in [1.29, 1.82) is 0 Å². The average Bonchev–Trinajstić information content (AvgIpc) is 3.12. The Hall–Kier alpha value is -3.14. The monoisotopic (exact) mass is 494 g/mol. The number of carbonyl (C=O) groups excluding carboxylic acids is 1. The van der Waals surface area contributed by atoms with Gasteiger partial charge in [-0.25, -0.2) is 13.4 Å². The van der Waals surface area contributed by atoms with Gasteiger partial charge >= 0.3 is 6.18 Å². The first-order valence-corrected chi connectivity index (χ1v) is 12.5. The highest BCUT2D eigenvalue weighted by Crippen LogP contribution is 2.29. The van der Waals surface area contributed by atoms with Crippen molar-refractivity contribution in [1.82, 2.24) is 10.3 Å². The van der Waals surface area contributed by atoms with E-state index < -0.39 is 39.0 Å². The van der Waals surface area contributed by atoms with Crippen LogP contribution in [0, 0.1) is 6.92 Å². The van der Waals surface area contributed by atoms with Crippen molar-refractivity contribution in [2.24, 2.45) is 0 Å². The molecule has 0 aliphatic rings. The third-order valence-corrected chi connectivity index (χ3v) is 6.64. The molecular formula is C24H25F3N2O4S. The first kappa shape index (κ1) is 25.5. The summed E-state index contributed by atoms with van der Waals surface area (Å²) in [6, 6.07) is 12.2. The van der Waals surface area contributed by atoms with Gasteiger partial charge in [-0.2, -0.15) is 13.2 Å². The summed E-state index contributed by atoms with van der Waals surface area (Å²) < 4.78 is 68.5. The van der Waals surface area contributed by atoms with Gasteiger partial charge in [0, 0.05) is 12.1 Å². The molecule has 0 aliphatic heterocycles. The maximum Gasteiger partial charge on any atom is 0.416 e. The molecule has 1 N–H and O–H groups in total. The number of halogens is 3. The zero-order chi connectivity index (χ0) is 24.9. The molecule has 6 nitrogen and oxygen atoms in total. The fourth-order valence-corrected chi connectivity index (χ4v) is 4.57. The van der Waals surface area contributed by atoms with Crippen LogP contribution >= 0.6 is 0 Å². The zero-order valence-electron chi connectivity index (χ0n) is 18.8. The van der Waals surface area contributed by atoms with Crippen LogP contribution in [0.25, 0.3) is 11.5 Å². The van der Waals surface area contributed by atoms with Crippen LogP contribution in [0.4, 0.5) is 13.2 Å². The molecule has 0 radical (unpaired) electrons. The number of benzene rings is 2. The lowest BCUT2D eigenvalue weighted by Gasteiger charge is -2.08. The first-order valence-electron chi connectivity index (χ1n) is 10.7. The number of alkyl halides is 3. The van der Waals surface area contributed by atoms with E-state index in [0.29, 0.717) is 17.2 Å². The summed E-state index contributed by atoms with van der Waals surface area (Å²) in [6.45, 7) is 3.75. The second-order valence-corrected chi connectivity index (χ2v) is 9.96. The number of carbonyl (C=O) groups is 1. The van der Waals surface area contributed by atoms with Gasteiger partial charge in [0.2, 0.25) is 11.8 Å². The Bertz CT molecular complexity index is 1230. The molecule has 1 amide bonds. The topological polar surface area (TPSA) is 89.3 Å². The third kappa shape index (κ3) is 6.93. The van der Waals surface area contributed by atoms with Gasteiger partial charge in [-0.15, -0.1) is 0 Å². The number of nitrogens with zero attached hydrogens (tertiary/aromatic N) is 1. The minimum atomic E-state index is -4.41. The van der Waals surface area contributed by atoms with Crippen LogP contribution in [0.5, 0.6) is 0 Å². The molecule has 0 spiro atoms. The molecule has 3 rings (SSSR count). The summed E-state index contributed by atoms with van der Waals surface area (Å²) in [5.74, 6) is -1.19. The Balaban J connectivity index is 1.53. The number of oxazole rings is 1. The average molecular weight is 495 g/mol. The molecule has 0 atom stereocenters. The maximum absolute atomic E-state index is 12.6. The minimum Gasteiger partial charge on any atom is -0.441 e. The standard InChI is InChI=1S/C24H25F3N2O4S/c1-3-17-4-8-19(9-5-17)23-29-21(16(2)33-23)14-34(31,32)15-22(30)28-13-12-18-6-10-20(11-7-18)24(25,26)27/h4-11H,3,12-15H2,1-2H3,(H,28,30). The van der Waals surface area contributed by atoms with Crippen molar-refractivity contribution in [2.45, 2.75) is 38.6 Å². The van der Waals surface area contributed by atoms with Crippen molar-refractivity contribution in [3.05, 3.63) is 76.7 Å². The predicted molar refractivity (Wildman–Crippen MR) is 122 cm³/mol. The van der Waals surface area contributed by atoms with Crippen LogP contribution in [-0.4, -0.2) is 31.6 Å². The Morgan fingerprint density at radius 2 is 1.65 bits per heavy atom. The number of hydrogen-bond donors (Lipinski definition) is 1. The van der Waals surface area contributed by atoms with Gasteiger partial charge in [0.15, 0.2) is 9.84 Å². The Morgan fingerprint density at radius 1 is 1.03 bits per heavy atom. The lowest BCUT2D eigenvalue weighted by Crippen LogP contribution is -2.32. The van der Waals surface area contributed by atoms with Crippen LogP contribution in [0.1, 0.15) is 35.1 Å². The molecule has 0 bridgehead atoms. The van der Waals surface area contributed by atoms with Crippen LogP contribution in [0.2, 0.25) is 0 Å². The van der Waals surface area contributed by atoms with E-state index in [2.05, 4.69) is 10.3 Å². The van der Waals surface area contributed by atoms with Crippen LogP contribution < -0.4 is 5.32 Å². The van der Waals surface area contributed by atoms with E-state index in [0.717, 1.165) is 29.7 Å². The van der Waals surface area contributed by atoms with Gasteiger partial charge in [-0.3, -0.25) is 4.79 Å². The molecule has 1 heterocycles. The second-order valence-electron chi connectivity index (χ2n) is 7.90.